The van der Waals surface area contributed by atoms with E-state index in [1.54, 1.807) is 5.57 Å². The summed E-state index contributed by atoms with van der Waals surface area (Å²) in [5, 5.41) is 0. The molecule has 1 heteroatoms. The van der Waals surface area contributed by atoms with E-state index in [1.165, 1.54) is 64.2 Å². The van der Waals surface area contributed by atoms with E-state index in [4.69, 9.17) is 4.74 Å². The van der Waals surface area contributed by atoms with E-state index < -0.39 is 0 Å². The maximum Gasteiger partial charge on any atom is 0.0608 e. The van der Waals surface area contributed by atoms with Crippen LogP contribution < -0.4 is 0 Å². The van der Waals surface area contributed by atoms with Crippen molar-refractivity contribution < 1.29 is 4.74 Å². The third-order valence-electron chi connectivity index (χ3n) is 11.4. The van der Waals surface area contributed by atoms with Gasteiger partial charge >= 0.3 is 0 Å². The van der Waals surface area contributed by atoms with E-state index in [9.17, 15) is 0 Å². The number of hydrogen-bond acceptors (Lipinski definition) is 1. The lowest BCUT2D eigenvalue weighted by Crippen LogP contribution is -2.51. The Morgan fingerprint density at radius 1 is 0.967 bits per heavy atom. The van der Waals surface area contributed by atoms with Gasteiger partial charge < -0.3 is 4.74 Å². The van der Waals surface area contributed by atoms with Crippen molar-refractivity contribution in [1.29, 1.82) is 0 Å². The predicted molar refractivity (Wildman–Crippen MR) is 128 cm³/mol. The molecule has 4 aliphatic carbocycles. The second-order valence-corrected chi connectivity index (χ2v) is 12.9. The third-order valence-corrected chi connectivity index (χ3v) is 11.4. The Morgan fingerprint density at radius 3 is 2.43 bits per heavy atom. The molecule has 0 radical (unpaired) electrons. The molecule has 0 aromatic carbocycles. The van der Waals surface area contributed by atoms with E-state index in [-0.39, 0.29) is 0 Å². The summed E-state index contributed by atoms with van der Waals surface area (Å²) in [5.74, 6) is 6.42. The van der Waals surface area contributed by atoms with Crippen LogP contribution in [-0.2, 0) is 4.74 Å². The SMILES string of the molecule is COC1CCC2(C)C(=CCC3C2CCC2(C)C(C(C)CCC(C)C(C)C)CCC32)C1. The number of ether oxygens (including phenoxy) is 1. The molecule has 172 valence electrons. The lowest BCUT2D eigenvalue weighted by Gasteiger charge is -2.58. The van der Waals surface area contributed by atoms with Crippen molar-refractivity contribution in [2.75, 3.05) is 7.11 Å². The molecule has 4 rings (SSSR count). The zero-order valence-electron chi connectivity index (χ0n) is 21.2. The average molecular weight is 415 g/mol. The topological polar surface area (TPSA) is 9.23 Å². The van der Waals surface area contributed by atoms with E-state index >= 15 is 0 Å². The van der Waals surface area contributed by atoms with E-state index in [2.05, 4.69) is 47.6 Å². The van der Waals surface area contributed by atoms with Gasteiger partial charge in [-0.1, -0.05) is 66.0 Å². The first-order chi connectivity index (χ1) is 14.2. The first kappa shape index (κ1) is 22.9. The van der Waals surface area contributed by atoms with Crippen molar-refractivity contribution in [2.24, 2.45) is 52.3 Å². The second-order valence-electron chi connectivity index (χ2n) is 12.9. The zero-order chi connectivity index (χ0) is 21.7. The maximum atomic E-state index is 5.76. The van der Waals surface area contributed by atoms with Crippen LogP contribution in [-0.4, -0.2) is 13.2 Å². The van der Waals surface area contributed by atoms with Crippen LogP contribution in [0.15, 0.2) is 11.6 Å². The van der Waals surface area contributed by atoms with Gasteiger partial charge in [-0.15, -0.1) is 0 Å². The second kappa shape index (κ2) is 8.57. The molecule has 1 nitrogen and oxygen atoms in total. The normalized spacial score (nSPS) is 45.3. The Labute approximate surface area is 187 Å². The molecule has 0 amide bonds. The summed E-state index contributed by atoms with van der Waals surface area (Å²) in [4.78, 5) is 0. The van der Waals surface area contributed by atoms with E-state index in [0.29, 0.717) is 16.9 Å². The van der Waals surface area contributed by atoms with Crippen LogP contribution in [0.1, 0.15) is 106 Å². The fourth-order valence-electron chi connectivity index (χ4n) is 8.86. The third kappa shape index (κ3) is 3.74. The van der Waals surface area contributed by atoms with Crippen molar-refractivity contribution in [1.82, 2.24) is 0 Å². The summed E-state index contributed by atoms with van der Waals surface area (Å²) >= 11 is 0. The number of fused-ring (bicyclic) bond motifs is 5. The fourth-order valence-corrected chi connectivity index (χ4v) is 8.86. The number of allylic oxidation sites excluding steroid dienone is 1. The average Bonchev–Trinajstić information content (AvgIpc) is 3.08. The minimum atomic E-state index is 0.468. The van der Waals surface area contributed by atoms with Gasteiger partial charge in [0.15, 0.2) is 0 Å². The van der Waals surface area contributed by atoms with Gasteiger partial charge in [0.25, 0.3) is 0 Å². The molecule has 0 bridgehead atoms. The molecule has 3 saturated carbocycles. The van der Waals surface area contributed by atoms with Crippen molar-refractivity contribution in [3.05, 3.63) is 11.6 Å². The quantitative estimate of drug-likeness (QED) is 0.397. The lowest BCUT2D eigenvalue weighted by atomic mass is 9.47. The fraction of sp³-hybridized carbons (Fsp3) is 0.931. The summed E-state index contributed by atoms with van der Waals surface area (Å²) in [6.45, 7) is 15.2. The molecule has 3 fully saturated rings. The molecule has 4 aliphatic rings. The molecule has 0 saturated heterocycles. The number of methoxy groups -OCH3 is 1. The monoisotopic (exact) mass is 414 g/mol. The summed E-state index contributed by atoms with van der Waals surface area (Å²) < 4.78 is 5.76. The molecule has 0 aromatic heterocycles. The standard InChI is InChI=1S/C29H50O/c1-19(2)20(3)8-9-21(4)25-12-13-26-24-11-10-22-18-23(30-7)14-16-28(22,5)27(24)15-17-29(25,26)6/h10,19-21,23-27H,8-9,11-18H2,1-7H3. The largest absolute Gasteiger partial charge is 0.381 e. The molecular formula is C29H50O. The lowest BCUT2D eigenvalue weighted by molar-refractivity contribution is -0.0603. The first-order valence-electron chi connectivity index (χ1n) is 13.4. The molecule has 0 heterocycles. The van der Waals surface area contributed by atoms with Crippen LogP contribution in [0.4, 0.5) is 0 Å². The molecule has 30 heavy (non-hydrogen) atoms. The molecular weight excluding hydrogens is 364 g/mol. The molecule has 9 unspecified atom stereocenters. The Balaban J connectivity index is 1.48. The summed E-state index contributed by atoms with van der Waals surface area (Å²) in [6.07, 6.45) is 17.2. The van der Waals surface area contributed by atoms with Gasteiger partial charge in [-0.25, -0.2) is 0 Å². The maximum absolute atomic E-state index is 5.76. The molecule has 0 aromatic rings. The van der Waals surface area contributed by atoms with Crippen molar-refractivity contribution in [2.45, 2.75) is 112 Å². The highest BCUT2D eigenvalue weighted by molar-refractivity contribution is 5.25. The Kier molecular flexibility index (Phi) is 6.53. The van der Waals surface area contributed by atoms with Crippen LogP contribution >= 0.6 is 0 Å². The van der Waals surface area contributed by atoms with Crippen molar-refractivity contribution in [3.8, 4) is 0 Å². The number of hydrogen-bond donors (Lipinski definition) is 0. The highest BCUT2D eigenvalue weighted by Gasteiger charge is 2.59. The zero-order valence-corrected chi connectivity index (χ0v) is 21.2. The van der Waals surface area contributed by atoms with Gasteiger partial charge in [-0.2, -0.15) is 0 Å². The highest BCUT2D eigenvalue weighted by Crippen LogP contribution is 2.67. The van der Waals surface area contributed by atoms with E-state index in [0.717, 1.165) is 41.4 Å². The number of rotatable bonds is 6. The van der Waals surface area contributed by atoms with E-state index in [1.807, 2.05) is 7.11 Å². The summed E-state index contributed by atoms with van der Waals surface area (Å²) in [6, 6.07) is 0. The summed E-state index contributed by atoms with van der Waals surface area (Å²) in [7, 11) is 1.91. The summed E-state index contributed by atoms with van der Waals surface area (Å²) in [5.41, 5.74) is 2.83. The van der Waals surface area contributed by atoms with Gasteiger partial charge in [0.05, 0.1) is 6.10 Å². The van der Waals surface area contributed by atoms with Gasteiger partial charge in [-0.3, -0.25) is 0 Å². The van der Waals surface area contributed by atoms with Gasteiger partial charge in [-0.05, 0) is 104 Å². The molecule has 0 N–H and O–H groups in total. The van der Waals surface area contributed by atoms with Crippen LogP contribution in [0.5, 0.6) is 0 Å². The van der Waals surface area contributed by atoms with Crippen LogP contribution in [0.25, 0.3) is 0 Å². The van der Waals surface area contributed by atoms with Crippen LogP contribution in [0, 0.1) is 52.3 Å². The van der Waals surface area contributed by atoms with Crippen LogP contribution in [0.2, 0.25) is 0 Å². The Bertz CT molecular complexity index is 634. The van der Waals surface area contributed by atoms with Gasteiger partial charge in [0.2, 0.25) is 0 Å². The molecule has 0 spiro atoms. The minimum Gasteiger partial charge on any atom is -0.381 e. The predicted octanol–water partition coefficient (Wildman–Crippen LogP) is 8.29. The Hall–Kier alpha value is -0.300. The highest BCUT2D eigenvalue weighted by atomic mass is 16.5. The van der Waals surface area contributed by atoms with Crippen molar-refractivity contribution in [3.63, 3.8) is 0 Å². The molecule has 9 atom stereocenters. The minimum absolute atomic E-state index is 0.468. The molecule has 0 aliphatic heterocycles. The van der Waals surface area contributed by atoms with Crippen LogP contribution in [0.3, 0.4) is 0 Å². The smallest absolute Gasteiger partial charge is 0.0608 e. The van der Waals surface area contributed by atoms with Gasteiger partial charge in [0, 0.05) is 7.11 Å². The Morgan fingerprint density at radius 2 is 1.73 bits per heavy atom. The first-order valence-corrected chi connectivity index (χ1v) is 13.4. The van der Waals surface area contributed by atoms with Crippen molar-refractivity contribution >= 4 is 0 Å². The van der Waals surface area contributed by atoms with Gasteiger partial charge in [0.1, 0.15) is 0 Å².